The van der Waals surface area contributed by atoms with Crippen LogP contribution in [0.15, 0.2) is 76.7 Å². The molecule has 0 aliphatic carbocycles. The Kier molecular flexibility index (Phi) is 7.38. The van der Waals surface area contributed by atoms with E-state index in [-0.39, 0.29) is 29.4 Å². The van der Waals surface area contributed by atoms with Crippen LogP contribution in [0.5, 0.6) is 5.75 Å². The zero-order valence-corrected chi connectivity index (χ0v) is 22.4. The van der Waals surface area contributed by atoms with Gasteiger partial charge in [0, 0.05) is 10.9 Å². The van der Waals surface area contributed by atoms with Crippen LogP contribution in [0.2, 0.25) is 0 Å². The Labute approximate surface area is 228 Å². The second-order valence-electron chi connectivity index (χ2n) is 8.71. The smallest absolute Gasteiger partial charge is 0.340 e. The number of fused-ring (bicyclic) bond motifs is 3. The second-order valence-corrected chi connectivity index (χ2v) is 9.65. The van der Waals surface area contributed by atoms with Gasteiger partial charge in [-0.05, 0) is 49.7 Å². The van der Waals surface area contributed by atoms with Crippen LogP contribution in [-0.2, 0) is 9.53 Å². The van der Waals surface area contributed by atoms with Crippen LogP contribution in [-0.4, -0.2) is 45.9 Å². The number of H-pyrrole nitrogens is 1. The standard InChI is InChI=1S/C29H26N4O5S/c1-4-38-28(36)19-10-6-8-12-21(19)30-24(34)16-39-29-32-25-18-9-5-7-11-20(18)31-26(25)27(35)33(29)22-15-17(2)13-14-23(22)37-3/h5-15,31H,4,16H2,1-3H3,(H,30,34). The number of para-hydroxylation sites is 2. The number of aryl methyl sites for hydroxylation is 1. The van der Waals surface area contributed by atoms with Crippen LogP contribution in [0.4, 0.5) is 5.69 Å². The molecule has 39 heavy (non-hydrogen) atoms. The number of methoxy groups -OCH3 is 1. The Morgan fingerprint density at radius 2 is 1.85 bits per heavy atom. The largest absolute Gasteiger partial charge is 0.495 e. The van der Waals surface area contributed by atoms with Crippen LogP contribution >= 0.6 is 11.8 Å². The molecule has 5 rings (SSSR count). The maximum absolute atomic E-state index is 13.9. The van der Waals surface area contributed by atoms with E-state index in [1.54, 1.807) is 37.3 Å². The van der Waals surface area contributed by atoms with Gasteiger partial charge < -0.3 is 19.8 Å². The summed E-state index contributed by atoms with van der Waals surface area (Å²) in [5.41, 5.74) is 3.42. The molecular formula is C29H26N4O5S. The quantitative estimate of drug-likeness (QED) is 0.159. The number of anilines is 1. The van der Waals surface area contributed by atoms with E-state index in [1.807, 2.05) is 43.3 Å². The molecule has 2 aromatic heterocycles. The average molecular weight is 543 g/mol. The van der Waals surface area contributed by atoms with Crippen LogP contribution < -0.4 is 15.6 Å². The number of aromatic nitrogens is 3. The molecule has 5 aromatic rings. The predicted octanol–water partition coefficient (Wildman–Crippen LogP) is 5.09. The number of esters is 1. The van der Waals surface area contributed by atoms with Crippen molar-refractivity contribution < 1.29 is 19.1 Å². The summed E-state index contributed by atoms with van der Waals surface area (Å²) >= 11 is 1.11. The van der Waals surface area contributed by atoms with Crippen LogP contribution in [0.3, 0.4) is 0 Å². The first-order valence-corrected chi connectivity index (χ1v) is 13.3. The van der Waals surface area contributed by atoms with Gasteiger partial charge in [0.15, 0.2) is 5.16 Å². The molecule has 0 saturated heterocycles. The molecule has 0 unspecified atom stereocenters. The maximum Gasteiger partial charge on any atom is 0.340 e. The molecule has 0 atom stereocenters. The lowest BCUT2D eigenvalue weighted by Crippen LogP contribution is -2.23. The van der Waals surface area contributed by atoms with E-state index in [0.717, 1.165) is 28.2 Å². The molecule has 0 aliphatic heterocycles. The average Bonchev–Trinajstić information content (AvgIpc) is 3.31. The minimum atomic E-state index is -0.520. The van der Waals surface area contributed by atoms with Crippen molar-refractivity contribution in [2.24, 2.45) is 0 Å². The Balaban J connectivity index is 1.55. The first-order chi connectivity index (χ1) is 18.9. The zero-order valence-electron chi connectivity index (χ0n) is 21.6. The van der Waals surface area contributed by atoms with Crippen molar-refractivity contribution in [2.75, 3.05) is 24.8 Å². The number of rotatable bonds is 8. The predicted molar refractivity (Wildman–Crippen MR) is 152 cm³/mol. The van der Waals surface area contributed by atoms with Crippen molar-refractivity contribution in [3.8, 4) is 11.4 Å². The molecule has 0 spiro atoms. The zero-order chi connectivity index (χ0) is 27.5. The monoisotopic (exact) mass is 542 g/mol. The second kappa shape index (κ2) is 11.0. The summed E-state index contributed by atoms with van der Waals surface area (Å²) in [7, 11) is 1.54. The van der Waals surface area contributed by atoms with Crippen molar-refractivity contribution >= 4 is 51.3 Å². The normalized spacial score (nSPS) is 11.1. The number of ether oxygens (including phenoxy) is 2. The third-order valence-corrected chi connectivity index (χ3v) is 7.04. The number of hydrogen-bond donors (Lipinski definition) is 2. The van der Waals surface area contributed by atoms with Crippen LogP contribution in [0.1, 0.15) is 22.8 Å². The SMILES string of the molecule is CCOC(=O)c1ccccc1NC(=O)CSc1nc2c([nH]c3ccccc32)c(=O)n1-c1cc(C)ccc1OC. The molecule has 1 amide bonds. The summed E-state index contributed by atoms with van der Waals surface area (Å²) in [6.07, 6.45) is 0. The van der Waals surface area contributed by atoms with Crippen molar-refractivity contribution in [1.82, 2.24) is 14.5 Å². The number of carbonyl (C=O) groups is 2. The number of hydrogen-bond acceptors (Lipinski definition) is 7. The van der Waals surface area contributed by atoms with Crippen LogP contribution in [0, 0.1) is 6.92 Å². The number of nitrogens with zero attached hydrogens (tertiary/aromatic N) is 2. The number of nitrogens with one attached hydrogen (secondary N) is 2. The molecule has 2 heterocycles. The van der Waals surface area contributed by atoms with E-state index in [0.29, 0.717) is 33.3 Å². The Hall–Kier alpha value is -4.57. The summed E-state index contributed by atoms with van der Waals surface area (Å²) < 4.78 is 12.1. The number of thioether (sulfide) groups is 1. The Morgan fingerprint density at radius 1 is 1.08 bits per heavy atom. The van der Waals surface area contributed by atoms with E-state index in [9.17, 15) is 14.4 Å². The fourth-order valence-corrected chi connectivity index (χ4v) is 5.12. The van der Waals surface area contributed by atoms with E-state index < -0.39 is 5.97 Å². The van der Waals surface area contributed by atoms with Gasteiger partial charge in [0.1, 0.15) is 16.8 Å². The Morgan fingerprint density at radius 3 is 2.64 bits per heavy atom. The summed E-state index contributed by atoms with van der Waals surface area (Å²) in [6, 6.07) is 19.7. The summed E-state index contributed by atoms with van der Waals surface area (Å²) in [5.74, 6) is -0.457. The first kappa shape index (κ1) is 26.1. The van der Waals surface area contributed by atoms with Crippen molar-refractivity contribution in [1.29, 1.82) is 0 Å². The van der Waals surface area contributed by atoms with Gasteiger partial charge in [-0.2, -0.15) is 0 Å². The molecule has 3 aromatic carbocycles. The first-order valence-electron chi connectivity index (χ1n) is 12.3. The van der Waals surface area contributed by atoms with Crippen molar-refractivity contribution in [3.05, 3.63) is 88.2 Å². The summed E-state index contributed by atoms with van der Waals surface area (Å²) in [6.45, 7) is 3.86. The van der Waals surface area contributed by atoms with Crippen LogP contribution in [0.25, 0.3) is 27.6 Å². The molecule has 0 fully saturated rings. The minimum absolute atomic E-state index is 0.0639. The lowest BCUT2D eigenvalue weighted by molar-refractivity contribution is -0.113. The highest BCUT2D eigenvalue weighted by Gasteiger charge is 2.21. The van der Waals surface area contributed by atoms with Gasteiger partial charge in [-0.1, -0.05) is 48.2 Å². The Bertz CT molecular complexity index is 1780. The van der Waals surface area contributed by atoms with Crippen molar-refractivity contribution in [2.45, 2.75) is 19.0 Å². The van der Waals surface area contributed by atoms with E-state index in [4.69, 9.17) is 14.5 Å². The lowest BCUT2D eigenvalue weighted by Gasteiger charge is -2.16. The molecule has 0 saturated carbocycles. The highest BCUT2D eigenvalue weighted by atomic mass is 32.2. The number of aromatic amines is 1. The molecule has 0 radical (unpaired) electrons. The van der Waals surface area contributed by atoms with E-state index >= 15 is 0 Å². The van der Waals surface area contributed by atoms with E-state index in [1.165, 1.54) is 11.7 Å². The highest BCUT2D eigenvalue weighted by molar-refractivity contribution is 7.99. The fourth-order valence-electron chi connectivity index (χ4n) is 4.32. The van der Waals surface area contributed by atoms with Gasteiger partial charge in [0.25, 0.3) is 5.56 Å². The third kappa shape index (κ3) is 5.10. The fraction of sp³-hybridized carbons (Fsp3) is 0.172. The van der Waals surface area contributed by atoms with E-state index in [2.05, 4.69) is 10.3 Å². The van der Waals surface area contributed by atoms with Crippen molar-refractivity contribution in [3.63, 3.8) is 0 Å². The molecule has 2 N–H and O–H groups in total. The van der Waals surface area contributed by atoms with Gasteiger partial charge >= 0.3 is 5.97 Å². The van der Waals surface area contributed by atoms with Gasteiger partial charge in [0.2, 0.25) is 5.91 Å². The number of benzene rings is 3. The third-order valence-electron chi connectivity index (χ3n) is 6.10. The molecule has 10 heteroatoms. The molecule has 9 nitrogen and oxygen atoms in total. The van der Waals surface area contributed by atoms with Gasteiger partial charge in [0.05, 0.1) is 36.4 Å². The maximum atomic E-state index is 13.9. The summed E-state index contributed by atoms with van der Waals surface area (Å²) in [5, 5.41) is 3.92. The number of carbonyl (C=O) groups excluding carboxylic acids is 2. The molecular weight excluding hydrogens is 516 g/mol. The van der Waals surface area contributed by atoms with Gasteiger partial charge in [-0.15, -0.1) is 0 Å². The highest BCUT2D eigenvalue weighted by Crippen LogP contribution is 2.30. The van der Waals surface area contributed by atoms with Gasteiger partial charge in [-0.25, -0.2) is 14.3 Å². The molecule has 198 valence electrons. The van der Waals surface area contributed by atoms with Gasteiger partial charge in [-0.3, -0.25) is 9.59 Å². The minimum Gasteiger partial charge on any atom is -0.495 e. The summed E-state index contributed by atoms with van der Waals surface area (Å²) in [4.78, 5) is 47.3. The molecule has 0 bridgehead atoms. The lowest BCUT2D eigenvalue weighted by atomic mass is 10.2. The topological polar surface area (TPSA) is 115 Å². The molecule has 0 aliphatic rings. The number of amides is 1.